The molecule has 1 aromatic carbocycles. The molecule has 2 amide bonds. The lowest BCUT2D eigenvalue weighted by Crippen LogP contribution is -2.36. The van der Waals surface area contributed by atoms with E-state index in [9.17, 15) is 19.2 Å². The lowest BCUT2D eigenvalue weighted by Gasteiger charge is -2.16. The molecule has 9 heteroatoms. The molecule has 1 atom stereocenters. The number of imide groups is 1. The van der Waals surface area contributed by atoms with Gasteiger partial charge in [0.15, 0.2) is 0 Å². The van der Waals surface area contributed by atoms with Crippen molar-refractivity contribution >= 4 is 34.9 Å². The fourth-order valence-electron chi connectivity index (χ4n) is 2.37. The predicted octanol–water partition coefficient (Wildman–Crippen LogP) is 0.461. The Kier molecular flexibility index (Phi) is 3.75. The van der Waals surface area contributed by atoms with Crippen LogP contribution in [0.4, 0.5) is 11.5 Å². The van der Waals surface area contributed by atoms with Gasteiger partial charge in [0.2, 0.25) is 5.91 Å². The Morgan fingerprint density at radius 1 is 1.13 bits per heavy atom. The summed E-state index contributed by atoms with van der Waals surface area (Å²) in [6, 6.07) is 6.69. The van der Waals surface area contributed by atoms with Crippen molar-refractivity contribution in [1.82, 2.24) is 9.97 Å². The van der Waals surface area contributed by atoms with Crippen LogP contribution in [0.5, 0.6) is 0 Å². The average molecular weight is 335 g/mol. The van der Waals surface area contributed by atoms with Gasteiger partial charge in [-0.3, -0.25) is 24.4 Å². The summed E-state index contributed by atoms with van der Waals surface area (Å²) in [6.45, 7) is 0. The number of amides is 2. The van der Waals surface area contributed by atoms with Crippen LogP contribution in [0.2, 0.25) is 5.02 Å². The topological polar surface area (TPSA) is 115 Å². The van der Waals surface area contributed by atoms with Gasteiger partial charge in [-0.2, -0.15) is 0 Å². The molecule has 0 radical (unpaired) electrons. The third-order valence-electron chi connectivity index (χ3n) is 3.33. The highest BCUT2D eigenvalue weighted by Crippen LogP contribution is 2.30. The van der Waals surface area contributed by atoms with E-state index in [0.29, 0.717) is 5.69 Å². The van der Waals surface area contributed by atoms with Gasteiger partial charge in [-0.25, -0.2) is 9.69 Å². The molecule has 0 unspecified atom stereocenters. The number of aromatic nitrogens is 2. The van der Waals surface area contributed by atoms with Crippen LogP contribution in [0.25, 0.3) is 0 Å². The van der Waals surface area contributed by atoms with Crippen LogP contribution < -0.4 is 21.5 Å². The predicted molar refractivity (Wildman–Crippen MR) is 83.7 cm³/mol. The number of rotatable bonds is 3. The van der Waals surface area contributed by atoms with Crippen LogP contribution in [-0.2, 0) is 9.59 Å². The summed E-state index contributed by atoms with van der Waals surface area (Å²) in [7, 11) is 0. The van der Waals surface area contributed by atoms with Crippen molar-refractivity contribution in [2.45, 2.75) is 12.5 Å². The van der Waals surface area contributed by atoms with Crippen LogP contribution in [0.3, 0.4) is 0 Å². The van der Waals surface area contributed by atoms with Crippen LogP contribution in [0.15, 0.2) is 39.9 Å². The number of halogens is 1. The number of carbonyl (C=O) groups excluding carboxylic acids is 2. The largest absolute Gasteiger partial charge is 0.359 e. The second-order valence-corrected chi connectivity index (χ2v) is 5.33. The van der Waals surface area contributed by atoms with Gasteiger partial charge in [-0.1, -0.05) is 23.7 Å². The Hall–Kier alpha value is -2.87. The van der Waals surface area contributed by atoms with Gasteiger partial charge >= 0.3 is 5.69 Å². The van der Waals surface area contributed by atoms with Gasteiger partial charge in [0.1, 0.15) is 11.9 Å². The number of hydrogen-bond acceptors (Lipinski definition) is 5. The Morgan fingerprint density at radius 3 is 2.57 bits per heavy atom. The summed E-state index contributed by atoms with van der Waals surface area (Å²) < 4.78 is 0. The lowest BCUT2D eigenvalue weighted by molar-refractivity contribution is -0.121. The van der Waals surface area contributed by atoms with Crippen LogP contribution >= 0.6 is 11.6 Å². The first-order valence-corrected chi connectivity index (χ1v) is 7.05. The van der Waals surface area contributed by atoms with Gasteiger partial charge in [-0.05, 0) is 12.1 Å². The third kappa shape index (κ3) is 2.88. The van der Waals surface area contributed by atoms with Crippen molar-refractivity contribution in [2.75, 3.05) is 10.2 Å². The summed E-state index contributed by atoms with van der Waals surface area (Å²) >= 11 is 6.02. The Balaban J connectivity index is 1.88. The van der Waals surface area contributed by atoms with E-state index in [-0.39, 0.29) is 17.3 Å². The standard InChI is InChI=1S/C14H11ClN4O4/c15-7-3-1-2-4-9(7)19-12(21)5-8(13(19)22)16-10-6-11(20)18-14(23)17-10/h1-4,6,8H,5H2,(H3,16,17,18,20,23)/t8-/m0/s1. The Labute approximate surface area is 134 Å². The summed E-state index contributed by atoms with van der Waals surface area (Å²) in [6.07, 6.45) is -0.112. The second kappa shape index (κ2) is 5.73. The fourth-order valence-corrected chi connectivity index (χ4v) is 2.59. The Morgan fingerprint density at radius 2 is 1.87 bits per heavy atom. The number of anilines is 2. The van der Waals surface area contributed by atoms with Crippen LogP contribution in [0, 0.1) is 0 Å². The minimum atomic E-state index is -0.892. The van der Waals surface area contributed by atoms with Crippen molar-refractivity contribution < 1.29 is 9.59 Å². The molecule has 1 saturated heterocycles. The monoisotopic (exact) mass is 334 g/mol. The molecule has 0 spiro atoms. The van der Waals surface area contributed by atoms with E-state index in [1.165, 1.54) is 0 Å². The SMILES string of the molecule is O=C1C[C@H](Nc2cc(=O)[nH]c(=O)[nH]2)C(=O)N1c1ccccc1Cl. The highest BCUT2D eigenvalue weighted by Gasteiger charge is 2.40. The van der Waals surface area contributed by atoms with Gasteiger partial charge in [-0.15, -0.1) is 0 Å². The van der Waals surface area contributed by atoms with Crippen molar-refractivity contribution in [3.05, 3.63) is 56.2 Å². The summed E-state index contributed by atoms with van der Waals surface area (Å²) in [5.74, 6) is -0.872. The molecule has 118 valence electrons. The minimum Gasteiger partial charge on any atom is -0.359 e. The zero-order valence-electron chi connectivity index (χ0n) is 11.6. The number of nitrogens with one attached hydrogen (secondary N) is 3. The quantitative estimate of drug-likeness (QED) is 0.705. The smallest absolute Gasteiger partial charge is 0.327 e. The maximum Gasteiger partial charge on any atom is 0.327 e. The lowest BCUT2D eigenvalue weighted by atomic mass is 10.2. The van der Waals surface area contributed by atoms with E-state index in [1.807, 2.05) is 4.98 Å². The number of benzene rings is 1. The first-order chi connectivity index (χ1) is 11.0. The molecule has 1 aromatic heterocycles. The summed E-state index contributed by atoms with van der Waals surface area (Å²) in [5, 5.41) is 2.97. The average Bonchev–Trinajstić information content (AvgIpc) is 2.73. The molecule has 0 saturated carbocycles. The van der Waals surface area contributed by atoms with E-state index in [0.717, 1.165) is 11.0 Å². The van der Waals surface area contributed by atoms with E-state index >= 15 is 0 Å². The van der Waals surface area contributed by atoms with E-state index in [1.54, 1.807) is 24.3 Å². The molecular weight excluding hydrogens is 324 g/mol. The fraction of sp³-hybridized carbons (Fsp3) is 0.143. The van der Waals surface area contributed by atoms with E-state index < -0.39 is 29.1 Å². The van der Waals surface area contributed by atoms with Crippen molar-refractivity contribution in [3.63, 3.8) is 0 Å². The molecule has 0 bridgehead atoms. The molecule has 1 fully saturated rings. The molecule has 2 heterocycles. The number of nitrogens with zero attached hydrogens (tertiary/aromatic N) is 1. The highest BCUT2D eigenvalue weighted by molar-refractivity contribution is 6.36. The van der Waals surface area contributed by atoms with Gasteiger partial charge in [0, 0.05) is 6.07 Å². The molecule has 3 rings (SSSR count). The molecular formula is C14H11ClN4O4. The van der Waals surface area contributed by atoms with E-state index in [4.69, 9.17) is 11.6 Å². The van der Waals surface area contributed by atoms with Crippen molar-refractivity contribution in [3.8, 4) is 0 Å². The summed E-state index contributed by atoms with van der Waals surface area (Å²) in [4.78, 5) is 52.4. The zero-order chi connectivity index (χ0) is 16.6. The summed E-state index contributed by atoms with van der Waals surface area (Å²) in [5.41, 5.74) is -1.02. The number of H-pyrrole nitrogens is 2. The third-order valence-corrected chi connectivity index (χ3v) is 3.65. The number of carbonyl (C=O) groups is 2. The van der Waals surface area contributed by atoms with Crippen molar-refractivity contribution in [1.29, 1.82) is 0 Å². The first kappa shape index (κ1) is 15.0. The molecule has 3 N–H and O–H groups in total. The molecule has 8 nitrogen and oxygen atoms in total. The molecule has 23 heavy (non-hydrogen) atoms. The maximum absolute atomic E-state index is 12.4. The van der Waals surface area contributed by atoms with Crippen molar-refractivity contribution in [2.24, 2.45) is 0 Å². The molecule has 1 aliphatic heterocycles. The second-order valence-electron chi connectivity index (χ2n) is 4.92. The van der Waals surface area contributed by atoms with Gasteiger partial charge in [0.05, 0.1) is 17.1 Å². The minimum absolute atomic E-state index is 0.0610. The van der Waals surface area contributed by atoms with Gasteiger partial charge < -0.3 is 5.32 Å². The van der Waals surface area contributed by atoms with Crippen LogP contribution in [0.1, 0.15) is 6.42 Å². The molecule has 2 aromatic rings. The normalized spacial score (nSPS) is 17.6. The van der Waals surface area contributed by atoms with Gasteiger partial charge in [0.25, 0.3) is 11.5 Å². The number of para-hydroxylation sites is 1. The molecule has 1 aliphatic rings. The Bertz CT molecular complexity index is 876. The number of aromatic amines is 2. The molecule has 0 aliphatic carbocycles. The maximum atomic E-state index is 12.4. The van der Waals surface area contributed by atoms with E-state index in [2.05, 4.69) is 10.3 Å². The number of hydrogen-bond donors (Lipinski definition) is 3. The zero-order valence-corrected chi connectivity index (χ0v) is 12.4. The van der Waals surface area contributed by atoms with Crippen LogP contribution in [-0.4, -0.2) is 27.8 Å². The first-order valence-electron chi connectivity index (χ1n) is 6.67. The highest BCUT2D eigenvalue weighted by atomic mass is 35.5.